The lowest BCUT2D eigenvalue weighted by Gasteiger charge is -2.18. The van der Waals surface area contributed by atoms with Crippen LogP contribution in [0.4, 0.5) is 17.1 Å². The zero-order valence-electron chi connectivity index (χ0n) is 18.5. The Kier molecular flexibility index (Phi) is 7.69. The summed E-state index contributed by atoms with van der Waals surface area (Å²) in [5, 5.41) is 13.8. The molecule has 0 aliphatic heterocycles. The van der Waals surface area contributed by atoms with Gasteiger partial charge in [0, 0.05) is 29.8 Å². The number of hydrogen-bond donors (Lipinski definition) is 2. The minimum atomic E-state index is -4.20. The molecule has 1 amide bonds. The number of amides is 1. The molecule has 0 radical (unpaired) electrons. The number of nitrogens with one attached hydrogen (secondary N) is 2. The van der Waals surface area contributed by atoms with Gasteiger partial charge in [-0.2, -0.15) is 0 Å². The van der Waals surface area contributed by atoms with Gasteiger partial charge in [0.1, 0.15) is 11.5 Å². The molecule has 0 saturated heterocycles. The number of ether oxygens (including phenoxy) is 2. The molecule has 0 aromatic heterocycles. The predicted molar refractivity (Wildman–Crippen MR) is 127 cm³/mol. The quantitative estimate of drug-likeness (QED) is 0.320. The number of hydrogen-bond acceptors (Lipinski definition) is 7. The summed E-state index contributed by atoms with van der Waals surface area (Å²) >= 11 is 0. The van der Waals surface area contributed by atoms with Gasteiger partial charge >= 0.3 is 0 Å². The van der Waals surface area contributed by atoms with Crippen molar-refractivity contribution in [2.24, 2.45) is 0 Å². The lowest BCUT2D eigenvalue weighted by Crippen LogP contribution is -2.16. The summed E-state index contributed by atoms with van der Waals surface area (Å²) in [6, 6.07) is 16.1. The van der Waals surface area contributed by atoms with E-state index in [0.29, 0.717) is 5.56 Å². The van der Waals surface area contributed by atoms with E-state index in [1.165, 1.54) is 30.3 Å². The maximum atomic E-state index is 12.9. The average molecular weight is 486 g/mol. The molecule has 34 heavy (non-hydrogen) atoms. The molecule has 0 unspecified atom stereocenters. The van der Waals surface area contributed by atoms with Gasteiger partial charge < -0.3 is 14.8 Å². The molecule has 10 nitrogen and oxygen atoms in total. The van der Waals surface area contributed by atoms with Crippen LogP contribution < -0.4 is 19.5 Å². The first-order valence-electron chi connectivity index (χ1n) is 10.3. The van der Waals surface area contributed by atoms with E-state index in [2.05, 4.69) is 10.0 Å². The van der Waals surface area contributed by atoms with Crippen LogP contribution in [0.5, 0.6) is 11.5 Å². The summed E-state index contributed by atoms with van der Waals surface area (Å²) in [6.45, 7) is 3.93. The Morgan fingerprint density at radius 2 is 1.53 bits per heavy atom. The van der Waals surface area contributed by atoms with E-state index in [-0.39, 0.29) is 52.6 Å². The highest BCUT2D eigenvalue weighted by atomic mass is 32.2. The Morgan fingerprint density at radius 1 is 0.912 bits per heavy atom. The van der Waals surface area contributed by atoms with Crippen molar-refractivity contribution in [2.75, 3.05) is 23.3 Å². The summed E-state index contributed by atoms with van der Waals surface area (Å²) in [4.78, 5) is 22.7. The molecule has 3 rings (SSSR count). The number of rotatable bonds is 10. The molecule has 11 heteroatoms. The fourth-order valence-corrected chi connectivity index (χ4v) is 4.14. The molecule has 0 saturated carbocycles. The van der Waals surface area contributed by atoms with Crippen molar-refractivity contribution in [1.29, 1.82) is 0 Å². The van der Waals surface area contributed by atoms with Crippen LogP contribution in [0, 0.1) is 10.1 Å². The van der Waals surface area contributed by atoms with Crippen molar-refractivity contribution in [1.82, 2.24) is 0 Å². The fraction of sp³-hybridized carbons (Fsp3) is 0.174. The van der Waals surface area contributed by atoms with E-state index in [1.807, 2.05) is 0 Å². The summed E-state index contributed by atoms with van der Waals surface area (Å²) in [7, 11) is -4.20. The Hall–Kier alpha value is -4.12. The van der Waals surface area contributed by atoms with Gasteiger partial charge in [0.2, 0.25) is 0 Å². The minimum Gasteiger partial charge on any atom is -0.492 e. The Balaban J connectivity index is 2.00. The van der Waals surface area contributed by atoms with Crippen molar-refractivity contribution in [3.05, 3.63) is 82.4 Å². The van der Waals surface area contributed by atoms with Crippen LogP contribution in [0.25, 0.3) is 0 Å². The van der Waals surface area contributed by atoms with Gasteiger partial charge in [-0.25, -0.2) is 8.42 Å². The number of anilines is 2. The highest BCUT2D eigenvalue weighted by Gasteiger charge is 2.22. The highest BCUT2D eigenvalue weighted by molar-refractivity contribution is 7.92. The third-order valence-corrected chi connectivity index (χ3v) is 5.91. The first kappa shape index (κ1) is 24.5. The topological polar surface area (TPSA) is 137 Å². The largest absolute Gasteiger partial charge is 0.492 e. The van der Waals surface area contributed by atoms with Crippen LogP contribution in [-0.4, -0.2) is 32.5 Å². The van der Waals surface area contributed by atoms with Crippen molar-refractivity contribution < 1.29 is 27.6 Å². The number of nitro benzene ring substituents is 1. The molecule has 3 aromatic rings. The molecular weight excluding hydrogens is 462 g/mol. The maximum absolute atomic E-state index is 12.9. The fourth-order valence-electron chi connectivity index (χ4n) is 3.04. The zero-order valence-corrected chi connectivity index (χ0v) is 19.3. The van der Waals surface area contributed by atoms with Gasteiger partial charge in [-0.1, -0.05) is 24.3 Å². The van der Waals surface area contributed by atoms with Crippen LogP contribution in [0.2, 0.25) is 0 Å². The van der Waals surface area contributed by atoms with Crippen LogP contribution in [0.1, 0.15) is 24.2 Å². The van der Waals surface area contributed by atoms with Crippen molar-refractivity contribution >= 4 is 33.0 Å². The van der Waals surface area contributed by atoms with Gasteiger partial charge in [0.05, 0.1) is 34.4 Å². The number of carbonyl (C=O) groups is 1. The number of benzene rings is 3. The van der Waals surface area contributed by atoms with Crippen molar-refractivity contribution in [3.63, 3.8) is 0 Å². The van der Waals surface area contributed by atoms with E-state index in [0.717, 1.165) is 6.07 Å². The molecule has 0 aliphatic rings. The third-order valence-electron chi connectivity index (χ3n) is 4.55. The van der Waals surface area contributed by atoms with Gasteiger partial charge in [-0.05, 0) is 32.0 Å². The van der Waals surface area contributed by atoms with Gasteiger partial charge in [0.15, 0.2) is 0 Å². The number of non-ortho nitro benzene ring substituents is 1. The molecule has 0 bridgehead atoms. The Labute approximate surface area is 196 Å². The predicted octanol–water partition coefficient (Wildman–Crippen LogP) is 4.45. The summed E-state index contributed by atoms with van der Waals surface area (Å²) in [6.07, 6.45) is 0. The SMILES string of the molecule is CCOc1cc(NS(=O)(=O)c2cccc([N+](=O)[O-])c2)c(OCC)cc1NC(=O)c1ccccc1. The maximum Gasteiger partial charge on any atom is 0.270 e. The van der Waals surface area contributed by atoms with Gasteiger partial charge in [-0.3, -0.25) is 19.6 Å². The molecule has 178 valence electrons. The standard InChI is InChI=1S/C23H23N3O7S/c1-3-32-21-15-20(25-34(30,31)18-12-8-11-17(13-18)26(28)29)22(33-4-2)14-19(21)24-23(27)16-9-6-5-7-10-16/h5-15,25H,3-4H2,1-2H3,(H,24,27). The van der Waals surface area contributed by atoms with E-state index in [9.17, 15) is 23.3 Å². The average Bonchev–Trinajstić information content (AvgIpc) is 2.82. The molecule has 2 N–H and O–H groups in total. The third kappa shape index (κ3) is 5.81. The second kappa shape index (κ2) is 10.7. The lowest BCUT2D eigenvalue weighted by molar-refractivity contribution is -0.385. The highest BCUT2D eigenvalue weighted by Crippen LogP contribution is 2.38. The first-order chi connectivity index (χ1) is 16.2. The molecule has 0 atom stereocenters. The second-order valence-corrected chi connectivity index (χ2v) is 8.57. The van der Waals surface area contributed by atoms with E-state index < -0.39 is 14.9 Å². The first-order valence-corrected chi connectivity index (χ1v) is 11.8. The van der Waals surface area contributed by atoms with Crippen LogP contribution in [0.3, 0.4) is 0 Å². The molecule has 0 spiro atoms. The van der Waals surface area contributed by atoms with E-state index >= 15 is 0 Å². The number of carbonyl (C=O) groups excluding carboxylic acids is 1. The molecule has 0 fully saturated rings. The Bertz CT molecular complexity index is 1300. The van der Waals surface area contributed by atoms with Gasteiger partial charge in [-0.15, -0.1) is 0 Å². The number of nitrogens with zero attached hydrogens (tertiary/aromatic N) is 1. The molecule has 3 aromatic carbocycles. The van der Waals surface area contributed by atoms with Crippen LogP contribution in [0.15, 0.2) is 71.6 Å². The summed E-state index contributed by atoms with van der Waals surface area (Å²) in [5.41, 5.74) is 0.409. The van der Waals surface area contributed by atoms with E-state index in [1.54, 1.807) is 44.2 Å². The van der Waals surface area contributed by atoms with Gasteiger partial charge in [0.25, 0.3) is 21.6 Å². The van der Waals surface area contributed by atoms with Crippen LogP contribution in [-0.2, 0) is 10.0 Å². The minimum absolute atomic E-state index is 0.0505. The zero-order chi connectivity index (χ0) is 24.7. The molecule has 0 heterocycles. The number of sulfonamides is 1. The Morgan fingerprint density at radius 3 is 2.15 bits per heavy atom. The normalized spacial score (nSPS) is 10.9. The van der Waals surface area contributed by atoms with E-state index in [4.69, 9.17) is 9.47 Å². The van der Waals surface area contributed by atoms with Crippen molar-refractivity contribution in [3.8, 4) is 11.5 Å². The molecular formula is C23H23N3O7S. The summed E-state index contributed by atoms with van der Waals surface area (Å²) in [5.74, 6) is -0.0239. The molecule has 0 aliphatic carbocycles. The number of nitro groups is 1. The second-order valence-electron chi connectivity index (χ2n) is 6.89. The van der Waals surface area contributed by atoms with Crippen LogP contribution >= 0.6 is 0 Å². The van der Waals surface area contributed by atoms with Crippen molar-refractivity contribution in [2.45, 2.75) is 18.7 Å². The smallest absolute Gasteiger partial charge is 0.270 e. The summed E-state index contributed by atoms with van der Waals surface area (Å²) < 4.78 is 39.5. The monoisotopic (exact) mass is 485 g/mol. The lowest BCUT2D eigenvalue weighted by atomic mass is 10.2.